The number of piperidine rings is 1. The quantitative estimate of drug-likeness (QED) is 0.741. The van der Waals surface area contributed by atoms with Crippen LogP contribution in [0.5, 0.6) is 11.5 Å². The zero-order valence-corrected chi connectivity index (χ0v) is 18.5. The van der Waals surface area contributed by atoms with Crippen LogP contribution in [0.4, 0.5) is 10.1 Å². The number of nitrogens with zero attached hydrogens (tertiary/aromatic N) is 2. The minimum absolute atomic E-state index is 0.0105. The molecule has 1 spiro atoms. The molecule has 4 rings (SSSR count). The molecule has 0 bridgehead atoms. The fourth-order valence-corrected chi connectivity index (χ4v) is 5.12. The molecule has 2 fully saturated rings. The van der Waals surface area contributed by atoms with Crippen LogP contribution < -0.4 is 9.64 Å². The monoisotopic (exact) mass is 426 g/mol. The number of carbonyl (C=O) groups excluding carboxylic acids is 1. The summed E-state index contributed by atoms with van der Waals surface area (Å²) in [5, 5.41) is 10.1. The van der Waals surface area contributed by atoms with Crippen molar-refractivity contribution in [3.05, 3.63) is 53.8 Å². The number of hydrogen-bond acceptors (Lipinski definition) is 4. The van der Waals surface area contributed by atoms with Crippen molar-refractivity contribution < 1.29 is 19.0 Å². The maximum atomic E-state index is 13.9. The number of likely N-dealkylation sites (tertiary alicyclic amines) is 1. The third-order valence-electron chi connectivity index (χ3n) is 6.53. The number of carbonyl (C=O) groups is 1. The van der Waals surface area contributed by atoms with Crippen molar-refractivity contribution in [2.45, 2.75) is 70.7 Å². The van der Waals surface area contributed by atoms with Gasteiger partial charge in [-0.3, -0.25) is 9.69 Å². The molecule has 2 aromatic rings. The van der Waals surface area contributed by atoms with E-state index in [-0.39, 0.29) is 35.2 Å². The highest BCUT2D eigenvalue weighted by atomic mass is 19.1. The highest BCUT2D eigenvalue weighted by molar-refractivity contribution is 5.97. The first kappa shape index (κ1) is 21.6. The molecule has 2 aliphatic rings. The molecule has 0 saturated carbocycles. The average Bonchev–Trinajstić information content (AvgIpc) is 3.02. The van der Waals surface area contributed by atoms with Crippen molar-refractivity contribution in [3.63, 3.8) is 0 Å². The number of rotatable bonds is 5. The number of amides is 1. The second kappa shape index (κ2) is 8.50. The van der Waals surface area contributed by atoms with Crippen molar-refractivity contribution in [2.24, 2.45) is 0 Å². The van der Waals surface area contributed by atoms with Gasteiger partial charge in [-0.2, -0.15) is 0 Å². The van der Waals surface area contributed by atoms with E-state index < -0.39 is 0 Å². The van der Waals surface area contributed by atoms with Crippen LogP contribution in [0.25, 0.3) is 0 Å². The summed E-state index contributed by atoms with van der Waals surface area (Å²) in [4.78, 5) is 17.0. The molecule has 6 heteroatoms. The predicted molar refractivity (Wildman–Crippen MR) is 119 cm³/mol. The van der Waals surface area contributed by atoms with Crippen molar-refractivity contribution in [3.8, 4) is 11.5 Å². The zero-order chi connectivity index (χ0) is 22.2. The Morgan fingerprint density at radius 1 is 1.23 bits per heavy atom. The molecule has 1 amide bonds. The first-order chi connectivity index (χ1) is 14.8. The zero-order valence-electron chi connectivity index (χ0n) is 18.5. The molecule has 2 heterocycles. The van der Waals surface area contributed by atoms with Crippen LogP contribution in [0.15, 0.2) is 42.5 Å². The molecule has 0 radical (unpaired) electrons. The van der Waals surface area contributed by atoms with E-state index in [1.165, 1.54) is 12.1 Å². The summed E-state index contributed by atoms with van der Waals surface area (Å²) in [5.74, 6) is 0.426. The minimum Gasteiger partial charge on any atom is -0.504 e. The van der Waals surface area contributed by atoms with Crippen LogP contribution in [-0.2, 0) is 11.3 Å². The summed E-state index contributed by atoms with van der Waals surface area (Å²) < 4.78 is 19.6. The lowest BCUT2D eigenvalue weighted by Gasteiger charge is -2.48. The smallest absolute Gasteiger partial charge is 0.227 e. The van der Waals surface area contributed by atoms with Gasteiger partial charge in [0.05, 0.1) is 11.6 Å². The fourth-order valence-electron chi connectivity index (χ4n) is 5.12. The Morgan fingerprint density at radius 2 is 2.03 bits per heavy atom. The second-order valence-corrected chi connectivity index (χ2v) is 9.18. The molecule has 0 aromatic heterocycles. The number of hydrogen-bond donors (Lipinski definition) is 1. The summed E-state index contributed by atoms with van der Waals surface area (Å²) in [6.45, 7) is 7.66. The van der Waals surface area contributed by atoms with Gasteiger partial charge in [0, 0.05) is 31.2 Å². The van der Waals surface area contributed by atoms with Crippen LogP contribution in [0.1, 0.15) is 52.0 Å². The van der Waals surface area contributed by atoms with Gasteiger partial charge in [0.15, 0.2) is 11.5 Å². The van der Waals surface area contributed by atoms with Crippen molar-refractivity contribution in [1.29, 1.82) is 0 Å². The standard InChI is InChI=1S/C25H31FN2O3/c1-17(2)31-23-13-19(7-8-22(23)29)16-27-12-11-25(15-18(27)3)10-9-24(30)28(25)21-6-4-5-20(26)14-21/h4-8,13-14,17-18,29H,9-12,15-16H2,1-3H3/t18-,25+/m0/s1. The van der Waals surface area contributed by atoms with Gasteiger partial charge in [0.25, 0.3) is 0 Å². The van der Waals surface area contributed by atoms with Crippen molar-refractivity contribution in [1.82, 2.24) is 4.90 Å². The Labute approximate surface area is 183 Å². The Bertz CT molecular complexity index is 964. The molecule has 2 atom stereocenters. The van der Waals surface area contributed by atoms with Crippen molar-refractivity contribution in [2.75, 3.05) is 11.4 Å². The molecular formula is C25H31FN2O3. The van der Waals surface area contributed by atoms with Crippen LogP contribution >= 0.6 is 0 Å². The van der Waals surface area contributed by atoms with E-state index in [0.29, 0.717) is 17.9 Å². The van der Waals surface area contributed by atoms with Gasteiger partial charge in [-0.05, 0) is 75.9 Å². The van der Waals surface area contributed by atoms with E-state index in [1.54, 1.807) is 12.1 Å². The maximum absolute atomic E-state index is 13.9. The van der Waals surface area contributed by atoms with E-state index in [1.807, 2.05) is 36.9 Å². The lowest BCUT2D eigenvalue weighted by molar-refractivity contribution is -0.117. The third kappa shape index (κ3) is 4.40. The summed E-state index contributed by atoms with van der Waals surface area (Å²) >= 11 is 0. The topological polar surface area (TPSA) is 53.0 Å². The first-order valence-electron chi connectivity index (χ1n) is 11.1. The summed E-state index contributed by atoms with van der Waals surface area (Å²) in [5.41, 5.74) is 1.50. The minimum atomic E-state index is -0.315. The molecule has 2 saturated heterocycles. The average molecular weight is 427 g/mol. The molecule has 1 N–H and O–H groups in total. The van der Waals surface area contributed by atoms with Gasteiger partial charge in [0.1, 0.15) is 5.82 Å². The van der Waals surface area contributed by atoms with E-state index >= 15 is 0 Å². The van der Waals surface area contributed by atoms with E-state index in [0.717, 1.165) is 37.9 Å². The number of anilines is 1. The molecule has 5 nitrogen and oxygen atoms in total. The molecule has 0 aliphatic carbocycles. The van der Waals surface area contributed by atoms with Gasteiger partial charge in [0.2, 0.25) is 5.91 Å². The summed E-state index contributed by atoms with van der Waals surface area (Å²) in [7, 11) is 0. The number of phenolic OH excluding ortho intramolecular Hbond substituents is 1. The normalized spacial score (nSPS) is 24.4. The molecule has 31 heavy (non-hydrogen) atoms. The Kier molecular flexibility index (Phi) is 5.93. The third-order valence-corrected chi connectivity index (χ3v) is 6.53. The maximum Gasteiger partial charge on any atom is 0.227 e. The predicted octanol–water partition coefficient (Wildman–Crippen LogP) is 4.87. The highest BCUT2D eigenvalue weighted by Crippen LogP contribution is 2.44. The SMILES string of the molecule is CC(C)Oc1cc(CN2CC[C@]3(CCC(=O)N3c3cccc(F)c3)C[C@@H]2C)ccc1O. The molecule has 2 aliphatic heterocycles. The van der Waals surface area contributed by atoms with Gasteiger partial charge in [-0.1, -0.05) is 12.1 Å². The van der Waals surface area contributed by atoms with Crippen LogP contribution in [0, 0.1) is 5.82 Å². The first-order valence-corrected chi connectivity index (χ1v) is 11.1. The lowest BCUT2D eigenvalue weighted by atomic mass is 9.81. The van der Waals surface area contributed by atoms with Gasteiger partial charge < -0.3 is 14.7 Å². The molecular weight excluding hydrogens is 395 g/mol. The number of ether oxygens (including phenoxy) is 1. The van der Waals surface area contributed by atoms with Crippen LogP contribution in [0.2, 0.25) is 0 Å². The van der Waals surface area contributed by atoms with Gasteiger partial charge in [-0.25, -0.2) is 4.39 Å². The van der Waals surface area contributed by atoms with E-state index in [9.17, 15) is 14.3 Å². The number of aromatic hydroxyl groups is 1. The number of halogens is 1. The Morgan fingerprint density at radius 3 is 2.74 bits per heavy atom. The van der Waals surface area contributed by atoms with Gasteiger partial charge in [-0.15, -0.1) is 0 Å². The highest BCUT2D eigenvalue weighted by Gasteiger charge is 2.49. The van der Waals surface area contributed by atoms with Crippen LogP contribution in [-0.4, -0.2) is 40.1 Å². The summed E-state index contributed by atoms with van der Waals surface area (Å²) in [6, 6.07) is 12.2. The molecule has 2 aromatic carbocycles. The van der Waals surface area contributed by atoms with E-state index in [4.69, 9.17) is 4.74 Å². The summed E-state index contributed by atoms with van der Waals surface area (Å²) in [6.07, 6.45) is 3.02. The lowest BCUT2D eigenvalue weighted by Crippen LogP contribution is -2.56. The molecule has 0 unspecified atom stereocenters. The molecule has 166 valence electrons. The number of phenols is 1. The van der Waals surface area contributed by atoms with E-state index in [2.05, 4.69) is 11.8 Å². The fraction of sp³-hybridized carbons (Fsp3) is 0.480. The largest absolute Gasteiger partial charge is 0.504 e. The van der Waals surface area contributed by atoms with Crippen molar-refractivity contribution >= 4 is 11.6 Å². The second-order valence-electron chi connectivity index (χ2n) is 9.18. The Hall–Kier alpha value is -2.60. The number of benzene rings is 2. The van der Waals surface area contributed by atoms with Gasteiger partial charge >= 0.3 is 0 Å². The van der Waals surface area contributed by atoms with Crippen LogP contribution in [0.3, 0.4) is 0 Å². The Balaban J connectivity index is 1.50.